The predicted octanol–water partition coefficient (Wildman–Crippen LogP) is 5.04. The van der Waals surface area contributed by atoms with E-state index >= 15 is 0 Å². The third-order valence-electron chi connectivity index (χ3n) is 4.83. The maximum Gasteiger partial charge on any atom is 0.230 e. The van der Waals surface area contributed by atoms with E-state index in [1.54, 1.807) is 0 Å². The SMILES string of the molecule is CCCCCC(C#N)S(=O)(=O)N(CCCCCCC#N)CCCCCCC#N. The lowest BCUT2D eigenvalue weighted by molar-refractivity contribution is 0.380. The number of nitriles is 3. The largest absolute Gasteiger partial charge is 0.230 e. The average Bonchev–Trinajstić information content (AvgIpc) is 2.68. The van der Waals surface area contributed by atoms with Gasteiger partial charge in [-0.2, -0.15) is 15.8 Å². The fraction of sp³-hybridized carbons (Fsp3) is 0.857. The second kappa shape index (κ2) is 17.5. The van der Waals surface area contributed by atoms with Crippen LogP contribution in [0.1, 0.15) is 96.8 Å². The molecule has 0 bridgehead atoms. The molecule has 0 rings (SSSR count). The van der Waals surface area contributed by atoms with E-state index in [1.807, 2.05) is 6.07 Å². The van der Waals surface area contributed by atoms with E-state index in [4.69, 9.17) is 10.5 Å². The molecular formula is C21H36N4O2S. The molecule has 0 aliphatic heterocycles. The Morgan fingerprint density at radius 3 is 1.68 bits per heavy atom. The van der Waals surface area contributed by atoms with Gasteiger partial charge in [0.05, 0.1) is 18.2 Å². The smallest absolute Gasteiger partial charge is 0.211 e. The maximum atomic E-state index is 13.0. The zero-order chi connectivity index (χ0) is 21.1. The van der Waals surface area contributed by atoms with E-state index in [0.717, 1.165) is 70.6 Å². The molecule has 158 valence electrons. The molecule has 0 aromatic carbocycles. The summed E-state index contributed by atoms with van der Waals surface area (Å²) in [6.45, 7) is 2.94. The van der Waals surface area contributed by atoms with Crippen molar-refractivity contribution < 1.29 is 8.42 Å². The van der Waals surface area contributed by atoms with Gasteiger partial charge in [0.1, 0.15) is 0 Å². The van der Waals surface area contributed by atoms with E-state index in [9.17, 15) is 13.7 Å². The minimum Gasteiger partial charge on any atom is -0.211 e. The van der Waals surface area contributed by atoms with Crippen LogP contribution in [0.15, 0.2) is 0 Å². The summed E-state index contributed by atoms with van der Waals surface area (Å²) in [5, 5.41) is 25.6. The summed E-state index contributed by atoms with van der Waals surface area (Å²) < 4.78 is 27.5. The van der Waals surface area contributed by atoms with Gasteiger partial charge < -0.3 is 0 Å². The van der Waals surface area contributed by atoms with Gasteiger partial charge in [-0.1, -0.05) is 51.9 Å². The topological polar surface area (TPSA) is 109 Å². The third kappa shape index (κ3) is 12.0. The molecule has 0 saturated heterocycles. The zero-order valence-electron chi connectivity index (χ0n) is 17.4. The molecule has 0 fully saturated rings. The summed E-state index contributed by atoms with van der Waals surface area (Å²) in [6.07, 6.45) is 11.0. The van der Waals surface area contributed by atoms with E-state index in [-0.39, 0.29) is 0 Å². The Labute approximate surface area is 172 Å². The van der Waals surface area contributed by atoms with Crippen LogP contribution in [0, 0.1) is 34.0 Å². The molecule has 0 aromatic heterocycles. The molecule has 1 unspecified atom stereocenters. The summed E-state index contributed by atoms with van der Waals surface area (Å²) in [4.78, 5) is 0. The number of nitrogens with zero attached hydrogens (tertiary/aromatic N) is 4. The first-order chi connectivity index (χ1) is 13.5. The van der Waals surface area contributed by atoms with Crippen molar-refractivity contribution in [1.82, 2.24) is 4.31 Å². The van der Waals surface area contributed by atoms with Crippen molar-refractivity contribution in [2.75, 3.05) is 13.1 Å². The number of unbranched alkanes of at least 4 members (excludes halogenated alkanes) is 10. The Balaban J connectivity index is 4.74. The average molecular weight is 409 g/mol. The lowest BCUT2D eigenvalue weighted by Crippen LogP contribution is -2.39. The number of sulfonamides is 1. The Morgan fingerprint density at radius 2 is 1.25 bits per heavy atom. The van der Waals surface area contributed by atoms with Crippen molar-refractivity contribution >= 4 is 10.0 Å². The van der Waals surface area contributed by atoms with E-state index < -0.39 is 15.3 Å². The molecule has 28 heavy (non-hydrogen) atoms. The first kappa shape index (κ1) is 26.4. The Hall–Kier alpha value is -1.62. The fourth-order valence-corrected chi connectivity index (χ4v) is 4.82. The van der Waals surface area contributed by atoms with E-state index in [2.05, 4.69) is 19.1 Å². The van der Waals surface area contributed by atoms with Crippen LogP contribution in [0.3, 0.4) is 0 Å². The highest BCUT2D eigenvalue weighted by Crippen LogP contribution is 2.18. The van der Waals surface area contributed by atoms with Crippen LogP contribution in [0.25, 0.3) is 0 Å². The van der Waals surface area contributed by atoms with Gasteiger partial charge in [0, 0.05) is 25.9 Å². The summed E-state index contributed by atoms with van der Waals surface area (Å²) in [5.41, 5.74) is 0. The second-order valence-electron chi connectivity index (χ2n) is 7.20. The minimum atomic E-state index is -3.62. The van der Waals surface area contributed by atoms with Crippen LogP contribution in [-0.4, -0.2) is 31.1 Å². The predicted molar refractivity (Wildman–Crippen MR) is 111 cm³/mol. The van der Waals surface area contributed by atoms with Crippen molar-refractivity contribution in [2.45, 2.75) is 102 Å². The molecule has 1 atom stereocenters. The van der Waals surface area contributed by atoms with Gasteiger partial charge in [0.15, 0.2) is 5.25 Å². The molecule has 0 aromatic rings. The summed E-state index contributed by atoms with van der Waals surface area (Å²) in [6, 6.07) is 6.27. The molecule has 0 N–H and O–H groups in total. The van der Waals surface area contributed by atoms with Gasteiger partial charge in [0.2, 0.25) is 10.0 Å². The number of hydrogen-bond acceptors (Lipinski definition) is 5. The Bertz CT molecular complexity index is 588. The Kier molecular flexibility index (Phi) is 16.5. The monoisotopic (exact) mass is 408 g/mol. The summed E-state index contributed by atoms with van der Waals surface area (Å²) in [7, 11) is -3.62. The Morgan fingerprint density at radius 1 is 0.750 bits per heavy atom. The molecule has 0 radical (unpaired) electrons. The van der Waals surface area contributed by atoms with Crippen LogP contribution in [0.2, 0.25) is 0 Å². The van der Waals surface area contributed by atoms with Gasteiger partial charge in [0.25, 0.3) is 0 Å². The fourth-order valence-electron chi connectivity index (χ4n) is 3.10. The summed E-state index contributed by atoms with van der Waals surface area (Å²) >= 11 is 0. The highest BCUT2D eigenvalue weighted by atomic mass is 32.2. The van der Waals surface area contributed by atoms with Gasteiger partial charge in [-0.05, 0) is 32.1 Å². The molecule has 0 aliphatic carbocycles. The van der Waals surface area contributed by atoms with Gasteiger partial charge in [-0.15, -0.1) is 0 Å². The lowest BCUT2D eigenvalue weighted by Gasteiger charge is -2.25. The first-order valence-electron chi connectivity index (χ1n) is 10.7. The second-order valence-corrected chi connectivity index (χ2v) is 9.32. The minimum absolute atomic E-state index is 0.396. The highest BCUT2D eigenvalue weighted by Gasteiger charge is 2.31. The van der Waals surface area contributed by atoms with Crippen LogP contribution in [-0.2, 0) is 10.0 Å². The normalized spacial score (nSPS) is 12.2. The van der Waals surface area contributed by atoms with Gasteiger partial charge in [-0.3, -0.25) is 0 Å². The van der Waals surface area contributed by atoms with Crippen molar-refractivity contribution in [3.63, 3.8) is 0 Å². The molecule has 6 nitrogen and oxygen atoms in total. The van der Waals surface area contributed by atoms with Crippen LogP contribution in [0.5, 0.6) is 0 Å². The zero-order valence-corrected chi connectivity index (χ0v) is 18.2. The molecule has 0 heterocycles. The van der Waals surface area contributed by atoms with Gasteiger partial charge >= 0.3 is 0 Å². The first-order valence-corrected chi connectivity index (χ1v) is 12.2. The number of hydrogen-bond donors (Lipinski definition) is 0. The van der Waals surface area contributed by atoms with Gasteiger partial charge in [-0.25, -0.2) is 12.7 Å². The van der Waals surface area contributed by atoms with E-state index in [1.165, 1.54) is 4.31 Å². The molecule has 0 saturated carbocycles. The highest BCUT2D eigenvalue weighted by molar-refractivity contribution is 7.90. The maximum absolute atomic E-state index is 13.0. The number of rotatable bonds is 18. The molecule has 0 aliphatic rings. The van der Waals surface area contributed by atoms with Crippen molar-refractivity contribution in [3.05, 3.63) is 0 Å². The van der Waals surface area contributed by atoms with Crippen LogP contribution >= 0.6 is 0 Å². The van der Waals surface area contributed by atoms with E-state index in [0.29, 0.717) is 32.4 Å². The molecule has 0 amide bonds. The quantitative estimate of drug-likeness (QED) is 0.295. The third-order valence-corrected chi connectivity index (χ3v) is 6.97. The van der Waals surface area contributed by atoms with Crippen LogP contribution in [0.4, 0.5) is 0 Å². The van der Waals surface area contributed by atoms with Crippen molar-refractivity contribution in [2.24, 2.45) is 0 Å². The molecular weight excluding hydrogens is 372 g/mol. The molecule has 7 heteroatoms. The standard InChI is InChI=1S/C21H36N4O2S/c1-2-3-10-15-21(20-24)28(26,27)25(18-13-8-4-6-11-16-22)19-14-9-5-7-12-17-23/h21H,2-15,18-19H2,1H3. The summed E-state index contributed by atoms with van der Waals surface area (Å²) in [5.74, 6) is 0. The van der Waals surface area contributed by atoms with Crippen molar-refractivity contribution in [1.29, 1.82) is 15.8 Å². The lowest BCUT2D eigenvalue weighted by atomic mass is 10.1. The molecule has 0 spiro atoms. The van der Waals surface area contributed by atoms with Crippen molar-refractivity contribution in [3.8, 4) is 18.2 Å². The van der Waals surface area contributed by atoms with Crippen LogP contribution < -0.4 is 0 Å².